The molecule has 6 heteroatoms. The number of phenols is 1. The van der Waals surface area contributed by atoms with Crippen molar-refractivity contribution in [2.75, 3.05) is 11.9 Å². The highest BCUT2D eigenvalue weighted by Gasteiger charge is 2.24. The normalized spacial score (nSPS) is 11.2. The minimum Gasteiger partial charge on any atom is -0.506 e. The van der Waals surface area contributed by atoms with E-state index in [9.17, 15) is 19.5 Å². The topological polar surface area (TPSA) is 92.7 Å². The zero-order valence-electron chi connectivity index (χ0n) is 20.3. The van der Waals surface area contributed by atoms with Crippen LogP contribution in [-0.2, 0) is 14.3 Å². The van der Waals surface area contributed by atoms with Gasteiger partial charge in [-0.05, 0) is 24.6 Å². The summed E-state index contributed by atoms with van der Waals surface area (Å²) in [7, 11) is 0. The van der Waals surface area contributed by atoms with E-state index in [-0.39, 0.29) is 29.2 Å². The Kier molecular flexibility index (Phi) is 12.7. The van der Waals surface area contributed by atoms with Gasteiger partial charge >= 0.3 is 5.97 Å². The molecule has 0 heterocycles. The molecule has 0 spiro atoms. The van der Waals surface area contributed by atoms with Gasteiger partial charge in [-0.25, -0.2) is 4.79 Å². The first-order valence-corrected chi connectivity index (χ1v) is 12.0. The van der Waals surface area contributed by atoms with Crippen LogP contribution in [0.1, 0.15) is 109 Å². The fourth-order valence-electron chi connectivity index (χ4n) is 3.21. The summed E-state index contributed by atoms with van der Waals surface area (Å²) in [5, 5.41) is 12.5. The van der Waals surface area contributed by atoms with E-state index in [0.717, 1.165) is 19.3 Å². The number of carbonyl (C=O) groups is 3. The molecule has 0 saturated carbocycles. The van der Waals surface area contributed by atoms with Crippen molar-refractivity contribution in [3.8, 4) is 5.75 Å². The summed E-state index contributed by atoms with van der Waals surface area (Å²) < 4.78 is 5.32. The molecular weight excluding hydrogens is 406 g/mol. The molecule has 0 saturated heterocycles. The monoisotopic (exact) mass is 447 g/mol. The maximum absolute atomic E-state index is 12.3. The number of Topliss-reactive ketones (excluding diaryl/α,β-unsaturated/α-hetero) is 1. The number of hydrogen-bond donors (Lipinski definition) is 2. The minimum atomic E-state index is -0.625. The number of nitrogens with one attached hydrogen (secondary N) is 1. The first-order chi connectivity index (χ1) is 15.1. The number of carbonyl (C=O) groups excluding carboxylic acids is 3. The number of amides is 1. The highest BCUT2D eigenvalue weighted by Crippen LogP contribution is 2.25. The number of rotatable bonds is 15. The molecule has 1 rings (SSSR count). The molecule has 1 amide bonds. The number of ketones is 1. The molecule has 180 valence electrons. The van der Waals surface area contributed by atoms with Crippen LogP contribution in [0.3, 0.4) is 0 Å². The summed E-state index contributed by atoms with van der Waals surface area (Å²) in [6, 6.07) is 4.15. The van der Waals surface area contributed by atoms with Crippen molar-refractivity contribution < 1.29 is 24.2 Å². The number of benzene rings is 1. The smallest absolute Gasteiger partial charge is 0.338 e. The van der Waals surface area contributed by atoms with Gasteiger partial charge < -0.3 is 15.2 Å². The Morgan fingerprint density at radius 3 is 2.03 bits per heavy atom. The van der Waals surface area contributed by atoms with Crippen LogP contribution in [0.5, 0.6) is 5.75 Å². The van der Waals surface area contributed by atoms with E-state index in [2.05, 4.69) is 12.2 Å². The largest absolute Gasteiger partial charge is 0.506 e. The zero-order chi connectivity index (χ0) is 24.0. The molecule has 0 fully saturated rings. The second kappa shape index (κ2) is 14.6. The lowest BCUT2D eigenvalue weighted by molar-refractivity contribution is -0.130. The lowest BCUT2D eigenvalue weighted by Gasteiger charge is -2.16. The Morgan fingerprint density at radius 2 is 1.47 bits per heavy atom. The lowest BCUT2D eigenvalue weighted by atomic mass is 9.89. The maximum atomic E-state index is 12.3. The van der Waals surface area contributed by atoms with Gasteiger partial charge in [0.2, 0.25) is 5.91 Å². The Bertz CT molecular complexity index is 736. The van der Waals surface area contributed by atoms with Crippen molar-refractivity contribution in [2.24, 2.45) is 5.41 Å². The number of phenolic OH excluding ortho intramolecular Hbond substituents is 1. The van der Waals surface area contributed by atoms with E-state index < -0.39 is 17.3 Å². The van der Waals surface area contributed by atoms with Crippen molar-refractivity contribution >= 4 is 23.3 Å². The fraction of sp³-hybridized carbons (Fsp3) is 0.654. The molecule has 0 atom stereocenters. The molecule has 1 aromatic rings. The summed E-state index contributed by atoms with van der Waals surface area (Å²) in [5.41, 5.74) is -0.294. The van der Waals surface area contributed by atoms with Crippen LogP contribution in [0, 0.1) is 5.41 Å². The van der Waals surface area contributed by atoms with E-state index in [1.165, 1.54) is 63.1 Å². The second-order valence-electron chi connectivity index (χ2n) is 9.45. The Morgan fingerprint density at radius 1 is 0.906 bits per heavy atom. The van der Waals surface area contributed by atoms with Crippen LogP contribution in [-0.4, -0.2) is 29.4 Å². The molecule has 6 nitrogen and oxygen atoms in total. The van der Waals surface area contributed by atoms with Gasteiger partial charge in [0.15, 0.2) is 0 Å². The van der Waals surface area contributed by atoms with Crippen molar-refractivity contribution in [3.05, 3.63) is 23.8 Å². The van der Waals surface area contributed by atoms with Gasteiger partial charge in [-0.15, -0.1) is 0 Å². The predicted molar refractivity (Wildman–Crippen MR) is 128 cm³/mol. The van der Waals surface area contributed by atoms with E-state index in [1.54, 1.807) is 20.8 Å². The Balaban J connectivity index is 2.35. The third-order valence-corrected chi connectivity index (χ3v) is 5.40. The molecule has 0 aliphatic heterocycles. The quantitative estimate of drug-likeness (QED) is 0.140. The Labute approximate surface area is 193 Å². The van der Waals surface area contributed by atoms with Crippen LogP contribution >= 0.6 is 0 Å². The first kappa shape index (κ1) is 27.7. The van der Waals surface area contributed by atoms with Crippen LogP contribution in [0.2, 0.25) is 0 Å². The first-order valence-electron chi connectivity index (χ1n) is 12.0. The van der Waals surface area contributed by atoms with Crippen molar-refractivity contribution in [2.45, 2.75) is 98.3 Å². The van der Waals surface area contributed by atoms with Crippen LogP contribution in [0.25, 0.3) is 0 Å². The van der Waals surface area contributed by atoms with Crippen LogP contribution in [0.4, 0.5) is 5.69 Å². The summed E-state index contributed by atoms with van der Waals surface area (Å²) in [4.78, 5) is 36.4. The van der Waals surface area contributed by atoms with E-state index in [4.69, 9.17) is 4.74 Å². The van der Waals surface area contributed by atoms with Gasteiger partial charge in [0, 0.05) is 5.41 Å². The zero-order valence-corrected chi connectivity index (χ0v) is 20.3. The standard InChI is InChI=1S/C26H41NO5/c1-5-6-7-8-9-10-11-12-13-14-17-32-25(31)20-15-16-22(28)21(18-20)27-24(30)19-23(29)26(2,3)4/h15-16,18,28H,5-14,17,19H2,1-4H3,(H,27,30). The van der Waals surface area contributed by atoms with Crippen molar-refractivity contribution in [3.63, 3.8) is 0 Å². The highest BCUT2D eigenvalue weighted by atomic mass is 16.5. The van der Waals surface area contributed by atoms with E-state index >= 15 is 0 Å². The molecule has 1 aromatic carbocycles. The van der Waals surface area contributed by atoms with Crippen molar-refractivity contribution in [1.29, 1.82) is 0 Å². The van der Waals surface area contributed by atoms with Gasteiger partial charge in [0.25, 0.3) is 0 Å². The SMILES string of the molecule is CCCCCCCCCCCCOC(=O)c1ccc(O)c(NC(=O)CC(=O)C(C)(C)C)c1. The average Bonchev–Trinajstić information content (AvgIpc) is 2.72. The summed E-state index contributed by atoms with van der Waals surface area (Å²) in [6.45, 7) is 7.80. The number of unbranched alkanes of at least 4 members (excludes halogenated alkanes) is 9. The Hall–Kier alpha value is -2.37. The lowest BCUT2D eigenvalue weighted by Crippen LogP contribution is -2.26. The molecular formula is C26H41NO5. The second-order valence-corrected chi connectivity index (χ2v) is 9.45. The summed E-state index contributed by atoms with van der Waals surface area (Å²) >= 11 is 0. The number of ether oxygens (including phenoxy) is 1. The number of esters is 1. The van der Waals surface area contributed by atoms with Gasteiger partial charge in [-0.1, -0.05) is 85.5 Å². The molecule has 0 aliphatic rings. The number of hydrogen-bond acceptors (Lipinski definition) is 5. The highest BCUT2D eigenvalue weighted by molar-refractivity contribution is 6.06. The third-order valence-electron chi connectivity index (χ3n) is 5.40. The fourth-order valence-corrected chi connectivity index (χ4v) is 3.21. The van der Waals surface area contributed by atoms with Gasteiger partial charge in [-0.3, -0.25) is 9.59 Å². The maximum Gasteiger partial charge on any atom is 0.338 e. The van der Waals surface area contributed by atoms with Gasteiger partial charge in [0.05, 0.1) is 24.3 Å². The molecule has 2 N–H and O–H groups in total. The summed E-state index contributed by atoms with van der Waals surface area (Å²) in [6.07, 6.45) is 11.8. The molecule has 0 aromatic heterocycles. The molecule has 32 heavy (non-hydrogen) atoms. The van der Waals surface area contributed by atoms with E-state index in [0.29, 0.717) is 6.61 Å². The summed E-state index contributed by atoms with van der Waals surface area (Å²) in [5.74, 6) is -1.41. The van der Waals surface area contributed by atoms with Gasteiger partial charge in [0.1, 0.15) is 11.5 Å². The molecule has 0 radical (unpaired) electrons. The molecule has 0 unspecified atom stereocenters. The van der Waals surface area contributed by atoms with Crippen molar-refractivity contribution in [1.82, 2.24) is 0 Å². The third kappa shape index (κ3) is 11.3. The van der Waals surface area contributed by atoms with E-state index in [1.807, 2.05) is 0 Å². The van der Waals surface area contributed by atoms with Crippen LogP contribution < -0.4 is 5.32 Å². The minimum absolute atomic E-state index is 0.0881. The molecule has 0 aliphatic carbocycles. The van der Waals surface area contributed by atoms with Gasteiger partial charge in [-0.2, -0.15) is 0 Å². The average molecular weight is 448 g/mol. The number of anilines is 1. The molecule has 0 bridgehead atoms. The van der Waals surface area contributed by atoms with Crippen LogP contribution in [0.15, 0.2) is 18.2 Å². The predicted octanol–water partition coefficient (Wildman–Crippen LogP) is 6.41. The number of aromatic hydroxyl groups is 1.